The van der Waals surface area contributed by atoms with Crippen LogP contribution in [-0.4, -0.2) is 18.1 Å². The Morgan fingerprint density at radius 1 is 1.50 bits per heavy atom. The Bertz CT molecular complexity index is 404. The molecule has 1 N–H and O–H groups in total. The zero-order chi connectivity index (χ0) is 11.8. The van der Waals surface area contributed by atoms with E-state index in [4.69, 9.17) is 4.74 Å². The van der Waals surface area contributed by atoms with E-state index in [0.717, 1.165) is 25.1 Å². The van der Waals surface area contributed by atoms with Gasteiger partial charge in [0.15, 0.2) is 0 Å². The van der Waals surface area contributed by atoms with Crippen LogP contribution >= 0.6 is 11.3 Å². The molecule has 16 heavy (non-hydrogen) atoms. The quantitative estimate of drug-likeness (QED) is 0.764. The molecule has 0 aliphatic carbocycles. The molecule has 0 aromatic carbocycles. The van der Waals surface area contributed by atoms with Crippen molar-refractivity contribution in [1.29, 1.82) is 0 Å². The number of carbonyl (C=O) groups excluding carboxylic acids is 1. The van der Waals surface area contributed by atoms with Crippen molar-refractivity contribution in [2.24, 2.45) is 0 Å². The van der Waals surface area contributed by atoms with Gasteiger partial charge in [0, 0.05) is 16.8 Å². The third-order valence-electron chi connectivity index (χ3n) is 2.44. The molecule has 1 aliphatic rings. The van der Waals surface area contributed by atoms with E-state index < -0.39 is 5.60 Å². The summed E-state index contributed by atoms with van der Waals surface area (Å²) in [7, 11) is 0. The highest BCUT2D eigenvalue weighted by Gasteiger charge is 2.24. The van der Waals surface area contributed by atoms with Gasteiger partial charge in [-0.25, -0.2) is 4.79 Å². The summed E-state index contributed by atoms with van der Waals surface area (Å²) in [5.41, 5.74) is 1.52. The number of nitrogens with one attached hydrogen (secondary N) is 1. The van der Waals surface area contributed by atoms with E-state index in [1.165, 1.54) is 10.4 Å². The second kappa shape index (κ2) is 4.18. The smallest absolute Gasteiger partial charge is 0.339 e. The topological polar surface area (TPSA) is 38.3 Å². The summed E-state index contributed by atoms with van der Waals surface area (Å²) in [4.78, 5) is 13.2. The number of thiophene rings is 1. The summed E-state index contributed by atoms with van der Waals surface area (Å²) in [6.45, 7) is 7.50. The predicted octanol–water partition coefficient (Wildman–Crippen LogP) is 2.35. The molecule has 1 aromatic heterocycles. The van der Waals surface area contributed by atoms with Crippen molar-refractivity contribution in [3.05, 3.63) is 21.4 Å². The monoisotopic (exact) mass is 239 g/mol. The van der Waals surface area contributed by atoms with Crippen molar-refractivity contribution in [3.8, 4) is 0 Å². The summed E-state index contributed by atoms with van der Waals surface area (Å²) in [5, 5.41) is 5.22. The van der Waals surface area contributed by atoms with Crippen molar-refractivity contribution >= 4 is 17.3 Å². The van der Waals surface area contributed by atoms with Crippen LogP contribution in [-0.2, 0) is 17.7 Å². The minimum Gasteiger partial charge on any atom is -0.456 e. The zero-order valence-corrected chi connectivity index (χ0v) is 10.7. The highest BCUT2D eigenvalue weighted by atomic mass is 32.1. The normalized spacial score (nSPS) is 15.7. The van der Waals surface area contributed by atoms with Crippen LogP contribution < -0.4 is 5.32 Å². The number of carbonyl (C=O) groups is 1. The molecule has 1 aromatic rings. The lowest BCUT2D eigenvalue weighted by atomic mass is 10.0. The first-order valence-corrected chi connectivity index (χ1v) is 6.38. The first-order chi connectivity index (χ1) is 7.47. The van der Waals surface area contributed by atoms with Gasteiger partial charge in [-0.1, -0.05) is 0 Å². The van der Waals surface area contributed by atoms with Crippen molar-refractivity contribution in [1.82, 2.24) is 5.32 Å². The van der Waals surface area contributed by atoms with E-state index >= 15 is 0 Å². The summed E-state index contributed by atoms with van der Waals surface area (Å²) < 4.78 is 5.40. The fourth-order valence-electron chi connectivity index (χ4n) is 1.76. The van der Waals surface area contributed by atoms with Gasteiger partial charge in [0.05, 0.1) is 5.56 Å². The highest BCUT2D eigenvalue weighted by Crippen LogP contribution is 2.27. The molecule has 0 fully saturated rings. The average molecular weight is 239 g/mol. The average Bonchev–Trinajstić information content (AvgIpc) is 2.58. The van der Waals surface area contributed by atoms with Crippen molar-refractivity contribution in [2.75, 3.05) is 6.54 Å². The van der Waals surface area contributed by atoms with Crippen LogP contribution in [0.3, 0.4) is 0 Å². The lowest BCUT2D eigenvalue weighted by Gasteiger charge is -2.20. The molecule has 1 aliphatic heterocycles. The van der Waals surface area contributed by atoms with Crippen molar-refractivity contribution in [3.63, 3.8) is 0 Å². The minimum atomic E-state index is -0.418. The van der Waals surface area contributed by atoms with Gasteiger partial charge in [0.2, 0.25) is 0 Å². The van der Waals surface area contributed by atoms with Crippen LogP contribution in [0.4, 0.5) is 0 Å². The van der Waals surface area contributed by atoms with E-state index in [1.807, 2.05) is 26.2 Å². The second-order valence-electron chi connectivity index (χ2n) is 4.98. The standard InChI is InChI=1S/C12H17NO2S/c1-12(2,3)15-11(14)9-7-16-10-6-13-5-4-8(9)10/h7,13H,4-6H2,1-3H3. The van der Waals surface area contributed by atoms with Crippen LogP contribution in [0.25, 0.3) is 0 Å². The van der Waals surface area contributed by atoms with Crippen LogP contribution in [0.5, 0.6) is 0 Å². The molecule has 0 saturated heterocycles. The Morgan fingerprint density at radius 2 is 2.25 bits per heavy atom. The van der Waals surface area contributed by atoms with Crippen LogP contribution in [0.2, 0.25) is 0 Å². The van der Waals surface area contributed by atoms with Crippen LogP contribution in [0.15, 0.2) is 5.38 Å². The Morgan fingerprint density at radius 3 is 2.94 bits per heavy atom. The molecule has 0 spiro atoms. The predicted molar refractivity (Wildman–Crippen MR) is 64.9 cm³/mol. The molecule has 4 heteroatoms. The van der Waals surface area contributed by atoms with Crippen molar-refractivity contribution < 1.29 is 9.53 Å². The zero-order valence-electron chi connectivity index (χ0n) is 9.92. The minimum absolute atomic E-state index is 0.188. The van der Waals surface area contributed by atoms with E-state index in [1.54, 1.807) is 11.3 Å². The molecular weight excluding hydrogens is 222 g/mol. The maximum atomic E-state index is 12.0. The Hall–Kier alpha value is -0.870. The Labute approximate surface area is 99.8 Å². The number of rotatable bonds is 1. The molecule has 0 unspecified atom stereocenters. The molecule has 0 saturated carbocycles. The summed E-state index contributed by atoms with van der Waals surface area (Å²) in [6.07, 6.45) is 0.924. The molecule has 0 amide bonds. The van der Waals surface area contributed by atoms with Gasteiger partial charge in [0.1, 0.15) is 5.60 Å². The van der Waals surface area contributed by atoms with Gasteiger partial charge >= 0.3 is 5.97 Å². The Balaban J connectivity index is 2.21. The third kappa shape index (κ3) is 2.44. The summed E-state index contributed by atoms with van der Waals surface area (Å²) in [6, 6.07) is 0. The molecule has 0 bridgehead atoms. The number of ether oxygens (including phenoxy) is 1. The van der Waals surface area contributed by atoms with E-state index in [0.29, 0.717) is 0 Å². The number of hydrogen-bond donors (Lipinski definition) is 1. The number of fused-ring (bicyclic) bond motifs is 1. The highest BCUT2D eigenvalue weighted by molar-refractivity contribution is 7.10. The number of esters is 1. The Kier molecular flexibility index (Phi) is 3.04. The van der Waals surface area contributed by atoms with Gasteiger partial charge in [-0.05, 0) is 39.3 Å². The fraction of sp³-hybridized carbons (Fsp3) is 0.583. The summed E-state index contributed by atoms with van der Waals surface area (Å²) in [5.74, 6) is -0.188. The first-order valence-electron chi connectivity index (χ1n) is 5.51. The third-order valence-corrected chi connectivity index (χ3v) is 3.47. The molecule has 0 atom stereocenters. The lowest BCUT2D eigenvalue weighted by Crippen LogP contribution is -2.26. The van der Waals surface area contributed by atoms with E-state index in [2.05, 4.69) is 5.32 Å². The molecule has 2 heterocycles. The summed E-state index contributed by atoms with van der Waals surface area (Å²) >= 11 is 1.64. The maximum Gasteiger partial charge on any atom is 0.339 e. The van der Waals surface area contributed by atoms with Crippen LogP contribution in [0, 0.1) is 0 Å². The molecule has 3 nitrogen and oxygen atoms in total. The molecule has 88 valence electrons. The molecular formula is C12H17NO2S. The van der Waals surface area contributed by atoms with E-state index in [9.17, 15) is 4.79 Å². The first kappa shape index (κ1) is 11.6. The van der Waals surface area contributed by atoms with Crippen molar-refractivity contribution in [2.45, 2.75) is 39.3 Å². The van der Waals surface area contributed by atoms with Gasteiger partial charge < -0.3 is 10.1 Å². The molecule has 0 radical (unpaired) electrons. The largest absolute Gasteiger partial charge is 0.456 e. The fourth-order valence-corrected chi connectivity index (χ4v) is 2.80. The maximum absolute atomic E-state index is 12.0. The number of hydrogen-bond acceptors (Lipinski definition) is 4. The lowest BCUT2D eigenvalue weighted by molar-refractivity contribution is 0.00688. The SMILES string of the molecule is CC(C)(C)OC(=O)c1csc2c1CCNC2. The van der Waals surface area contributed by atoms with Gasteiger partial charge in [-0.2, -0.15) is 0 Å². The van der Waals surface area contributed by atoms with Gasteiger partial charge in [-0.3, -0.25) is 0 Å². The van der Waals surface area contributed by atoms with Crippen LogP contribution in [0.1, 0.15) is 41.6 Å². The molecule has 2 rings (SSSR count). The van der Waals surface area contributed by atoms with Gasteiger partial charge in [0.25, 0.3) is 0 Å². The second-order valence-corrected chi connectivity index (χ2v) is 5.94. The van der Waals surface area contributed by atoms with Gasteiger partial charge in [-0.15, -0.1) is 11.3 Å². The van der Waals surface area contributed by atoms with E-state index in [-0.39, 0.29) is 5.97 Å².